The zero-order valence-corrected chi connectivity index (χ0v) is 24.6. The quantitative estimate of drug-likeness (QED) is 0.177. The van der Waals surface area contributed by atoms with Crippen LogP contribution in [-0.2, 0) is 0 Å². The third kappa shape index (κ3) is 4.62. The maximum absolute atomic E-state index is 9.03. The molecule has 0 aliphatic rings. The molecule has 0 saturated carbocycles. The van der Waals surface area contributed by atoms with Crippen molar-refractivity contribution in [3.05, 3.63) is 182 Å². The molecule has 1 aromatic heterocycles. The standard InChI is InChI=1S/C45H30N2/c1-4-15-31(16-5-1)33-19-14-20-35(29-33)43-37-23-10-11-24-38(37)44(39-28-27-34(30-40(39)43)32-17-6-2-7-18-32)45-46-41-25-12-13-26-42(41)47(45)36-21-8-3-9-22-36/h1-30H/i1D,2D,3D,4D,5D,6D,7D,8D,9D,15D,16D,17D,18D,21D,22D. The molecular weight excluding hydrogens is 569 g/mol. The summed E-state index contributed by atoms with van der Waals surface area (Å²) < 4.78 is 130. The molecule has 47 heavy (non-hydrogen) atoms. The molecule has 0 N–H and O–H groups in total. The normalized spacial score (nSPS) is 15.9. The van der Waals surface area contributed by atoms with E-state index in [-0.39, 0.29) is 40.3 Å². The lowest BCUT2D eigenvalue weighted by atomic mass is 9.86. The molecule has 0 aliphatic carbocycles. The molecule has 0 fully saturated rings. The smallest absolute Gasteiger partial charge is 0.146 e. The predicted octanol–water partition coefficient (Wildman–Crippen LogP) is 12.0. The van der Waals surface area contributed by atoms with Gasteiger partial charge in [0.05, 0.1) is 31.6 Å². The Morgan fingerprint density at radius 1 is 0.426 bits per heavy atom. The fourth-order valence-corrected chi connectivity index (χ4v) is 6.28. The Hall–Kier alpha value is -6.25. The summed E-state index contributed by atoms with van der Waals surface area (Å²) >= 11 is 0. The third-order valence-corrected chi connectivity index (χ3v) is 8.25. The summed E-state index contributed by atoms with van der Waals surface area (Å²) in [6.07, 6.45) is 0. The number of nitrogens with zero attached hydrogens (tertiary/aromatic N) is 2. The van der Waals surface area contributed by atoms with Crippen LogP contribution in [0.3, 0.4) is 0 Å². The van der Waals surface area contributed by atoms with E-state index in [1.54, 1.807) is 71.3 Å². The molecule has 220 valence electrons. The van der Waals surface area contributed by atoms with E-state index >= 15 is 0 Å². The number of rotatable bonds is 5. The van der Waals surface area contributed by atoms with Crippen molar-refractivity contribution in [2.45, 2.75) is 0 Å². The van der Waals surface area contributed by atoms with Crippen LogP contribution in [0.4, 0.5) is 0 Å². The van der Waals surface area contributed by atoms with Crippen LogP contribution in [0, 0.1) is 0 Å². The van der Waals surface area contributed by atoms with Crippen molar-refractivity contribution in [3.63, 3.8) is 0 Å². The maximum Gasteiger partial charge on any atom is 0.146 e. The van der Waals surface area contributed by atoms with Gasteiger partial charge in [0.1, 0.15) is 5.82 Å². The van der Waals surface area contributed by atoms with Crippen molar-refractivity contribution < 1.29 is 20.6 Å². The molecule has 8 aromatic carbocycles. The minimum Gasteiger partial charge on any atom is -0.292 e. The van der Waals surface area contributed by atoms with Crippen molar-refractivity contribution in [2.24, 2.45) is 0 Å². The highest BCUT2D eigenvalue weighted by Gasteiger charge is 2.22. The first-order valence-electron chi connectivity index (χ1n) is 22.3. The zero-order chi connectivity index (χ0) is 44.2. The van der Waals surface area contributed by atoms with Gasteiger partial charge in [-0.2, -0.15) is 0 Å². The number of imidazole rings is 1. The van der Waals surface area contributed by atoms with E-state index in [4.69, 9.17) is 25.5 Å². The van der Waals surface area contributed by atoms with Gasteiger partial charge in [-0.3, -0.25) is 4.57 Å². The second-order valence-electron chi connectivity index (χ2n) is 10.9. The second-order valence-corrected chi connectivity index (χ2v) is 10.9. The number of fused-ring (bicyclic) bond motifs is 3. The van der Waals surface area contributed by atoms with Crippen LogP contribution in [0.2, 0.25) is 0 Å². The van der Waals surface area contributed by atoms with Crippen molar-refractivity contribution >= 4 is 32.6 Å². The Morgan fingerprint density at radius 2 is 1.00 bits per heavy atom. The van der Waals surface area contributed by atoms with E-state index in [2.05, 4.69) is 0 Å². The van der Waals surface area contributed by atoms with Gasteiger partial charge >= 0.3 is 0 Å². The highest BCUT2D eigenvalue weighted by atomic mass is 15.1. The van der Waals surface area contributed by atoms with E-state index in [0.717, 1.165) is 0 Å². The summed E-state index contributed by atoms with van der Waals surface area (Å²) in [5.41, 5.74) is 3.03. The summed E-state index contributed by atoms with van der Waals surface area (Å²) in [6, 6.07) is 19.2. The summed E-state index contributed by atoms with van der Waals surface area (Å²) in [4.78, 5) is 5.07. The highest BCUT2D eigenvalue weighted by Crippen LogP contribution is 2.46. The number of aromatic nitrogens is 2. The van der Waals surface area contributed by atoms with E-state index in [1.165, 1.54) is 0 Å². The van der Waals surface area contributed by atoms with Gasteiger partial charge in [0, 0.05) is 11.3 Å². The van der Waals surface area contributed by atoms with Gasteiger partial charge in [0.2, 0.25) is 0 Å². The van der Waals surface area contributed by atoms with Crippen LogP contribution in [0.25, 0.3) is 83.0 Å². The molecule has 0 radical (unpaired) electrons. The Balaban J connectivity index is 1.46. The summed E-state index contributed by atoms with van der Waals surface area (Å²) in [7, 11) is 0. The lowest BCUT2D eigenvalue weighted by Gasteiger charge is -2.19. The molecule has 0 atom stereocenters. The molecule has 0 bridgehead atoms. The van der Waals surface area contributed by atoms with E-state index in [9.17, 15) is 0 Å². The molecule has 9 aromatic rings. The first-order valence-corrected chi connectivity index (χ1v) is 14.8. The molecule has 0 spiro atoms. The molecule has 0 saturated heterocycles. The zero-order valence-electron chi connectivity index (χ0n) is 39.6. The Kier molecular flexibility index (Phi) is 3.80. The van der Waals surface area contributed by atoms with Crippen molar-refractivity contribution in [3.8, 4) is 50.5 Å². The van der Waals surface area contributed by atoms with Gasteiger partial charge in [-0.05, 0) is 91.3 Å². The second kappa shape index (κ2) is 11.3. The lowest BCUT2D eigenvalue weighted by molar-refractivity contribution is 1.11. The van der Waals surface area contributed by atoms with Crippen LogP contribution in [0.5, 0.6) is 0 Å². The van der Waals surface area contributed by atoms with Crippen LogP contribution in [0.1, 0.15) is 20.6 Å². The average molecular weight is 614 g/mol. The molecule has 2 nitrogen and oxygen atoms in total. The van der Waals surface area contributed by atoms with Crippen LogP contribution in [-0.4, -0.2) is 9.55 Å². The average Bonchev–Trinajstić information content (AvgIpc) is 3.65. The molecule has 0 unspecified atom stereocenters. The number of hydrogen-bond donors (Lipinski definition) is 0. The van der Waals surface area contributed by atoms with Gasteiger partial charge in [0.25, 0.3) is 0 Å². The molecule has 1 heterocycles. The van der Waals surface area contributed by atoms with Crippen LogP contribution >= 0.6 is 0 Å². The van der Waals surface area contributed by atoms with E-state index < -0.39 is 78.6 Å². The fourth-order valence-electron chi connectivity index (χ4n) is 6.28. The SMILES string of the molecule is [2H]c1c([2H])c([2H])c(-c2cccc(-c3c4ccccc4c(-c4nc5ccccc5n4-c4c([2H])c([2H])c([2H])c([2H])c4[2H])c4ccc(-c5c([2H])c([2H])c([2H])c([2H])c5[2H])cc34)c2)c([2H])c1[2H]. The van der Waals surface area contributed by atoms with Crippen molar-refractivity contribution in [1.29, 1.82) is 0 Å². The predicted molar refractivity (Wildman–Crippen MR) is 198 cm³/mol. The number of benzene rings is 8. The number of para-hydroxylation sites is 3. The van der Waals surface area contributed by atoms with Gasteiger partial charge < -0.3 is 0 Å². The maximum atomic E-state index is 9.03. The highest BCUT2D eigenvalue weighted by molar-refractivity contribution is 6.22. The molecule has 2 heteroatoms. The van der Waals surface area contributed by atoms with Gasteiger partial charge in [-0.15, -0.1) is 0 Å². The minimum absolute atomic E-state index is 0.00441. The summed E-state index contributed by atoms with van der Waals surface area (Å²) in [5.74, 6) is 0.237. The minimum atomic E-state index is -0.555. The van der Waals surface area contributed by atoms with E-state index in [1.807, 2.05) is 24.3 Å². The van der Waals surface area contributed by atoms with Crippen LogP contribution < -0.4 is 0 Å². The number of hydrogen-bond acceptors (Lipinski definition) is 1. The first-order chi connectivity index (χ1) is 29.5. The van der Waals surface area contributed by atoms with Gasteiger partial charge in [0.15, 0.2) is 0 Å². The molecule has 0 amide bonds. The van der Waals surface area contributed by atoms with E-state index in [0.29, 0.717) is 54.8 Å². The Labute approximate surface area is 294 Å². The topological polar surface area (TPSA) is 17.8 Å². The van der Waals surface area contributed by atoms with Crippen LogP contribution in [0.15, 0.2) is 182 Å². The Morgan fingerprint density at radius 3 is 1.72 bits per heavy atom. The third-order valence-electron chi connectivity index (χ3n) is 8.25. The van der Waals surface area contributed by atoms with Crippen molar-refractivity contribution in [1.82, 2.24) is 9.55 Å². The lowest BCUT2D eigenvalue weighted by Crippen LogP contribution is -2.00. The molecule has 0 aliphatic heterocycles. The van der Waals surface area contributed by atoms with Gasteiger partial charge in [-0.25, -0.2) is 4.98 Å². The monoisotopic (exact) mass is 613 g/mol. The first kappa shape index (κ1) is 15.8. The summed E-state index contributed by atoms with van der Waals surface area (Å²) in [6.45, 7) is 0. The largest absolute Gasteiger partial charge is 0.292 e. The fraction of sp³-hybridized carbons (Fsp3) is 0. The molecular formula is C45H30N2. The van der Waals surface area contributed by atoms with Gasteiger partial charge in [-0.1, -0.05) is 145 Å². The van der Waals surface area contributed by atoms with Crippen molar-refractivity contribution in [2.75, 3.05) is 0 Å². The molecule has 9 rings (SSSR count). The Bertz CT molecular complexity index is 3350. The summed E-state index contributed by atoms with van der Waals surface area (Å²) in [5, 5.41) is 2.29.